The smallest absolute Gasteiger partial charge is 0.229 e. The molecule has 2 fully saturated rings. The molecule has 0 spiro atoms. The van der Waals surface area contributed by atoms with Crippen molar-refractivity contribution in [3.05, 3.63) is 46.6 Å². The molecular weight excluding hydrogens is 536 g/mol. The van der Waals surface area contributed by atoms with Crippen molar-refractivity contribution in [2.75, 3.05) is 26.9 Å². The highest BCUT2D eigenvalue weighted by atomic mass is 16.8. The number of aromatic hydroxyl groups is 2. The van der Waals surface area contributed by atoms with Crippen molar-refractivity contribution in [3.8, 4) is 34.3 Å². The van der Waals surface area contributed by atoms with E-state index in [4.69, 9.17) is 28.1 Å². The number of phenols is 2. The van der Waals surface area contributed by atoms with Gasteiger partial charge in [-0.1, -0.05) is 0 Å². The summed E-state index contributed by atoms with van der Waals surface area (Å²) in [6.45, 7) is -1.89. The van der Waals surface area contributed by atoms with Crippen molar-refractivity contribution in [2.45, 2.75) is 42.6 Å². The van der Waals surface area contributed by atoms with Crippen LogP contribution in [0.5, 0.6) is 23.0 Å². The first-order valence-corrected chi connectivity index (χ1v) is 12.2. The standard InChI is InChI=1S/C26H28O14/c1-35-16-3-2-11(4-13(16)29)17-7-15(31)20-14(30)5-12(6-18(20)38-17)37-25-23(26(34,9-28)10-36-25)40-24-22(33)21(32)19(8-27)39-24/h2-7,19,21-25,27-30,32-34H,8-10H2,1H3/t19-,21-,22+,23-,24+,25-,26+/m0/s1. The number of aliphatic hydroxyl groups is 5. The molecule has 3 heterocycles. The Hall–Kier alpha value is -3.47. The maximum Gasteiger partial charge on any atom is 0.229 e. The topological polar surface area (TPSA) is 218 Å². The monoisotopic (exact) mass is 564 g/mol. The summed E-state index contributed by atoms with van der Waals surface area (Å²) in [6.07, 6.45) is -8.61. The van der Waals surface area contributed by atoms with Crippen LogP contribution in [-0.4, -0.2) is 105 Å². The van der Waals surface area contributed by atoms with Crippen molar-refractivity contribution >= 4 is 11.0 Å². The van der Waals surface area contributed by atoms with E-state index in [0.717, 1.165) is 12.1 Å². The van der Waals surface area contributed by atoms with E-state index >= 15 is 0 Å². The maximum absolute atomic E-state index is 12.8. The Morgan fingerprint density at radius 1 is 1.02 bits per heavy atom. The zero-order valence-electron chi connectivity index (χ0n) is 21.0. The van der Waals surface area contributed by atoms with Gasteiger partial charge in [-0.2, -0.15) is 0 Å². The molecule has 14 nitrogen and oxygen atoms in total. The van der Waals surface area contributed by atoms with Crippen molar-refractivity contribution in [1.82, 2.24) is 0 Å². The molecule has 0 saturated carbocycles. The van der Waals surface area contributed by atoms with Crippen LogP contribution in [0.1, 0.15) is 0 Å². The minimum Gasteiger partial charge on any atom is -0.507 e. The molecule has 2 aliphatic rings. The Kier molecular flexibility index (Phi) is 7.60. The van der Waals surface area contributed by atoms with Gasteiger partial charge in [-0.25, -0.2) is 0 Å². The molecule has 3 aromatic rings. The quantitative estimate of drug-likeness (QED) is 0.178. The van der Waals surface area contributed by atoms with Gasteiger partial charge in [-0.3, -0.25) is 4.79 Å². The fourth-order valence-corrected chi connectivity index (χ4v) is 4.62. The number of methoxy groups -OCH3 is 1. The molecule has 7 atom stereocenters. The lowest BCUT2D eigenvalue weighted by molar-refractivity contribution is -0.247. The number of fused-ring (bicyclic) bond motifs is 1. The van der Waals surface area contributed by atoms with Crippen molar-refractivity contribution < 1.29 is 63.8 Å². The fraction of sp³-hybridized carbons (Fsp3) is 0.423. The highest BCUT2D eigenvalue weighted by molar-refractivity contribution is 5.86. The van der Waals surface area contributed by atoms with E-state index in [1.54, 1.807) is 6.07 Å². The number of phenolic OH excluding ortho intramolecular Hbond substituents is 2. The number of aliphatic hydroxyl groups excluding tert-OH is 4. The summed E-state index contributed by atoms with van der Waals surface area (Å²) in [7, 11) is 1.39. The first kappa shape index (κ1) is 28.1. The van der Waals surface area contributed by atoms with Gasteiger partial charge in [0.05, 0.1) is 26.9 Å². The van der Waals surface area contributed by atoms with Crippen LogP contribution < -0.4 is 14.9 Å². The van der Waals surface area contributed by atoms with Crippen LogP contribution in [0.3, 0.4) is 0 Å². The number of benzene rings is 2. The van der Waals surface area contributed by atoms with Crippen LogP contribution in [0.2, 0.25) is 0 Å². The van der Waals surface area contributed by atoms with Gasteiger partial charge in [-0.15, -0.1) is 0 Å². The molecule has 5 rings (SSSR count). The summed E-state index contributed by atoms with van der Waals surface area (Å²) in [5.74, 6) is -0.457. The Morgan fingerprint density at radius 2 is 1.80 bits per heavy atom. The minimum atomic E-state index is -2.01. The lowest BCUT2D eigenvalue weighted by Crippen LogP contribution is -2.52. The molecule has 2 aromatic carbocycles. The lowest BCUT2D eigenvalue weighted by Gasteiger charge is -2.31. The number of rotatable bonds is 8. The largest absolute Gasteiger partial charge is 0.507 e. The molecule has 14 heteroatoms. The third kappa shape index (κ3) is 4.95. The number of hydrogen-bond donors (Lipinski definition) is 7. The van der Waals surface area contributed by atoms with Crippen LogP contribution in [-0.2, 0) is 14.2 Å². The summed E-state index contributed by atoms with van der Waals surface area (Å²) in [4.78, 5) is 12.8. The Bertz CT molecular complexity index is 1440. The highest BCUT2D eigenvalue weighted by Gasteiger charge is 2.55. The molecule has 216 valence electrons. The van der Waals surface area contributed by atoms with Gasteiger partial charge in [0.25, 0.3) is 0 Å². The van der Waals surface area contributed by atoms with Crippen molar-refractivity contribution in [2.24, 2.45) is 0 Å². The molecule has 0 bridgehead atoms. The SMILES string of the molecule is COc1ccc(-c2cc(=O)c3c(O)cc(O[C@@H]4OC[C@](O)(CO)[C@H]4O[C@H]4O[C@@H](CO)[C@H](O)[C@H]4O)cc3o2)cc1O. The molecule has 0 aliphatic carbocycles. The highest BCUT2D eigenvalue weighted by Crippen LogP contribution is 2.37. The number of ether oxygens (including phenoxy) is 5. The molecular formula is C26H28O14. The second-order valence-electron chi connectivity index (χ2n) is 9.50. The van der Waals surface area contributed by atoms with Gasteiger partial charge in [0.2, 0.25) is 6.29 Å². The molecule has 40 heavy (non-hydrogen) atoms. The first-order valence-electron chi connectivity index (χ1n) is 12.2. The predicted octanol–water partition coefficient (Wildman–Crippen LogP) is -0.838. The Morgan fingerprint density at radius 3 is 2.45 bits per heavy atom. The average molecular weight is 564 g/mol. The third-order valence-electron chi connectivity index (χ3n) is 6.83. The summed E-state index contributed by atoms with van der Waals surface area (Å²) in [5.41, 5.74) is -2.32. The Labute approximate surface area is 225 Å². The maximum atomic E-state index is 12.8. The molecule has 0 unspecified atom stereocenters. The van der Waals surface area contributed by atoms with Crippen LogP contribution in [0.15, 0.2) is 45.6 Å². The second-order valence-corrected chi connectivity index (χ2v) is 9.50. The van der Waals surface area contributed by atoms with Gasteiger partial charge in [0.15, 0.2) is 29.3 Å². The molecule has 2 aliphatic heterocycles. The summed E-state index contributed by atoms with van der Waals surface area (Å²) in [6, 6.07) is 7.93. The summed E-state index contributed by atoms with van der Waals surface area (Å²) < 4.78 is 33.1. The summed E-state index contributed by atoms with van der Waals surface area (Å²) in [5, 5.41) is 70.8. The first-order chi connectivity index (χ1) is 19.1. The zero-order chi connectivity index (χ0) is 28.8. The second kappa shape index (κ2) is 10.8. The zero-order valence-corrected chi connectivity index (χ0v) is 21.0. The van der Waals surface area contributed by atoms with Gasteiger partial charge >= 0.3 is 0 Å². The van der Waals surface area contributed by atoms with Gasteiger partial charge in [0.1, 0.15) is 52.1 Å². The third-order valence-corrected chi connectivity index (χ3v) is 6.83. The van der Waals surface area contributed by atoms with Crippen molar-refractivity contribution in [1.29, 1.82) is 0 Å². The lowest BCUT2D eigenvalue weighted by atomic mass is 10.0. The van der Waals surface area contributed by atoms with E-state index in [9.17, 15) is 40.5 Å². The van der Waals surface area contributed by atoms with Gasteiger partial charge in [-0.05, 0) is 18.2 Å². The average Bonchev–Trinajstić information content (AvgIpc) is 3.39. The van der Waals surface area contributed by atoms with Crippen LogP contribution >= 0.6 is 0 Å². The molecule has 2 saturated heterocycles. The van der Waals surface area contributed by atoms with Crippen molar-refractivity contribution in [3.63, 3.8) is 0 Å². The minimum absolute atomic E-state index is 0.0735. The summed E-state index contributed by atoms with van der Waals surface area (Å²) >= 11 is 0. The van der Waals surface area contributed by atoms with Crippen LogP contribution in [0.4, 0.5) is 0 Å². The van der Waals surface area contributed by atoms with Gasteiger partial charge in [0, 0.05) is 23.8 Å². The molecule has 0 amide bonds. The van der Waals surface area contributed by atoms with Crippen LogP contribution in [0.25, 0.3) is 22.3 Å². The Balaban J connectivity index is 1.45. The van der Waals surface area contributed by atoms with E-state index in [1.165, 1.54) is 25.3 Å². The molecule has 1 aromatic heterocycles. The number of hydrogen-bond acceptors (Lipinski definition) is 14. The van der Waals surface area contributed by atoms with E-state index in [1.807, 2.05) is 0 Å². The van der Waals surface area contributed by atoms with E-state index < -0.39 is 73.6 Å². The van der Waals surface area contributed by atoms with E-state index in [0.29, 0.717) is 5.56 Å². The van der Waals surface area contributed by atoms with Crippen LogP contribution in [0, 0.1) is 0 Å². The fourth-order valence-electron chi connectivity index (χ4n) is 4.62. The predicted molar refractivity (Wildman–Crippen MR) is 133 cm³/mol. The normalized spacial score (nSPS) is 30.1. The molecule has 0 radical (unpaired) electrons. The van der Waals surface area contributed by atoms with E-state index in [-0.39, 0.29) is 34.0 Å². The molecule has 7 N–H and O–H groups in total. The van der Waals surface area contributed by atoms with E-state index in [2.05, 4.69) is 0 Å². The van der Waals surface area contributed by atoms with Gasteiger partial charge < -0.3 is 63.8 Å².